The van der Waals surface area contributed by atoms with Gasteiger partial charge in [0, 0.05) is 11.9 Å². The maximum Gasteiger partial charge on any atom is 0.327 e. The van der Waals surface area contributed by atoms with Crippen molar-refractivity contribution >= 4 is 23.4 Å². The first-order valence-corrected chi connectivity index (χ1v) is 8.02. The molecule has 0 aromatic carbocycles. The van der Waals surface area contributed by atoms with E-state index < -0.39 is 5.54 Å². The van der Waals surface area contributed by atoms with Crippen LogP contribution < -0.4 is 5.73 Å². The van der Waals surface area contributed by atoms with Crippen molar-refractivity contribution in [3.05, 3.63) is 24.4 Å². The van der Waals surface area contributed by atoms with Crippen molar-refractivity contribution in [1.82, 2.24) is 14.6 Å². The molecule has 0 aliphatic heterocycles. The van der Waals surface area contributed by atoms with Gasteiger partial charge < -0.3 is 10.5 Å². The molecule has 1 aliphatic carbocycles. The van der Waals surface area contributed by atoms with Crippen molar-refractivity contribution in [3.8, 4) is 0 Å². The monoisotopic (exact) mass is 306 g/mol. The number of carbonyl (C=O) groups excluding carboxylic acids is 1. The topological polar surface area (TPSA) is 82.5 Å². The molecule has 1 aliphatic rings. The Labute approximate surface area is 127 Å². The van der Waals surface area contributed by atoms with Gasteiger partial charge in [0.15, 0.2) is 10.8 Å². The average molecular weight is 306 g/mol. The SMILES string of the molecule is CCOC(=O)C(N)(CSc1nnc2ccccn12)C1CC1. The first-order valence-electron chi connectivity index (χ1n) is 7.04. The van der Waals surface area contributed by atoms with Gasteiger partial charge in [0.1, 0.15) is 5.54 Å². The number of fused-ring (bicyclic) bond motifs is 1. The lowest BCUT2D eigenvalue weighted by Crippen LogP contribution is -2.53. The predicted molar refractivity (Wildman–Crippen MR) is 80.0 cm³/mol. The van der Waals surface area contributed by atoms with Crippen molar-refractivity contribution < 1.29 is 9.53 Å². The predicted octanol–water partition coefficient (Wildman–Crippen LogP) is 1.49. The Morgan fingerprint density at radius 1 is 1.52 bits per heavy atom. The smallest absolute Gasteiger partial charge is 0.327 e. The number of ether oxygens (including phenoxy) is 1. The second-order valence-corrected chi connectivity index (χ2v) is 6.18. The number of esters is 1. The molecule has 1 saturated carbocycles. The highest BCUT2D eigenvalue weighted by Gasteiger charge is 2.49. The van der Waals surface area contributed by atoms with Crippen LogP contribution in [0, 0.1) is 5.92 Å². The molecule has 2 aromatic rings. The molecule has 7 heteroatoms. The number of carbonyl (C=O) groups is 1. The van der Waals surface area contributed by atoms with Gasteiger partial charge in [0.2, 0.25) is 0 Å². The van der Waals surface area contributed by atoms with E-state index in [0.717, 1.165) is 23.6 Å². The van der Waals surface area contributed by atoms with Crippen LogP contribution in [0.5, 0.6) is 0 Å². The summed E-state index contributed by atoms with van der Waals surface area (Å²) in [5, 5.41) is 8.99. The van der Waals surface area contributed by atoms with Gasteiger partial charge in [-0.1, -0.05) is 17.8 Å². The molecule has 21 heavy (non-hydrogen) atoms. The van der Waals surface area contributed by atoms with Crippen molar-refractivity contribution in [2.45, 2.75) is 30.5 Å². The first-order chi connectivity index (χ1) is 10.1. The van der Waals surface area contributed by atoms with Gasteiger partial charge in [-0.05, 0) is 37.8 Å². The van der Waals surface area contributed by atoms with E-state index in [4.69, 9.17) is 10.5 Å². The quantitative estimate of drug-likeness (QED) is 0.643. The Kier molecular flexibility index (Phi) is 3.86. The van der Waals surface area contributed by atoms with Crippen molar-refractivity contribution in [3.63, 3.8) is 0 Å². The Hall–Kier alpha value is -1.60. The van der Waals surface area contributed by atoms with Crippen LogP contribution >= 0.6 is 11.8 Å². The second kappa shape index (κ2) is 5.65. The molecule has 1 unspecified atom stereocenters. The molecule has 2 N–H and O–H groups in total. The van der Waals surface area contributed by atoms with Crippen molar-refractivity contribution in [1.29, 1.82) is 0 Å². The minimum atomic E-state index is -0.929. The molecule has 0 radical (unpaired) electrons. The number of rotatable bonds is 6. The molecule has 0 spiro atoms. The lowest BCUT2D eigenvalue weighted by Gasteiger charge is -2.26. The molecule has 3 rings (SSSR count). The van der Waals surface area contributed by atoms with Gasteiger partial charge in [0.05, 0.1) is 6.61 Å². The number of pyridine rings is 1. The van der Waals surface area contributed by atoms with Gasteiger partial charge >= 0.3 is 5.97 Å². The van der Waals surface area contributed by atoms with E-state index in [1.54, 1.807) is 6.92 Å². The zero-order valence-corrected chi connectivity index (χ0v) is 12.7. The second-order valence-electron chi connectivity index (χ2n) is 5.24. The molecular weight excluding hydrogens is 288 g/mol. The van der Waals surface area contributed by atoms with Crippen molar-refractivity contribution in [2.24, 2.45) is 11.7 Å². The van der Waals surface area contributed by atoms with Crippen LogP contribution in [0.25, 0.3) is 5.65 Å². The summed E-state index contributed by atoms with van der Waals surface area (Å²) in [6.45, 7) is 2.15. The highest BCUT2D eigenvalue weighted by molar-refractivity contribution is 7.99. The summed E-state index contributed by atoms with van der Waals surface area (Å²) in [7, 11) is 0. The molecular formula is C14H18N4O2S. The summed E-state index contributed by atoms with van der Waals surface area (Å²) in [4.78, 5) is 12.2. The van der Waals surface area contributed by atoms with Crippen LogP contribution in [0.15, 0.2) is 29.6 Å². The van der Waals surface area contributed by atoms with E-state index in [0.29, 0.717) is 12.4 Å². The molecule has 2 heterocycles. The third kappa shape index (κ3) is 2.75. The summed E-state index contributed by atoms with van der Waals surface area (Å²) >= 11 is 1.45. The fourth-order valence-corrected chi connectivity index (χ4v) is 3.42. The van der Waals surface area contributed by atoms with Crippen LogP contribution in [-0.2, 0) is 9.53 Å². The minimum Gasteiger partial charge on any atom is -0.465 e. The minimum absolute atomic E-state index is 0.211. The van der Waals surface area contributed by atoms with E-state index in [1.165, 1.54) is 11.8 Å². The number of aromatic nitrogens is 3. The number of nitrogens with zero attached hydrogens (tertiary/aromatic N) is 3. The number of hydrogen-bond donors (Lipinski definition) is 1. The summed E-state index contributed by atoms with van der Waals surface area (Å²) in [6.07, 6.45) is 3.87. The van der Waals surface area contributed by atoms with Gasteiger partial charge in [-0.2, -0.15) is 0 Å². The average Bonchev–Trinajstić information content (AvgIpc) is 3.27. The van der Waals surface area contributed by atoms with Gasteiger partial charge in [0.25, 0.3) is 0 Å². The molecule has 0 amide bonds. The normalized spacial score (nSPS) is 17.6. The van der Waals surface area contributed by atoms with E-state index >= 15 is 0 Å². The Bertz CT molecular complexity index is 655. The number of nitrogens with two attached hydrogens (primary N) is 1. The molecule has 112 valence electrons. The van der Waals surface area contributed by atoms with E-state index in [1.807, 2.05) is 28.8 Å². The zero-order chi connectivity index (χ0) is 14.9. The van der Waals surface area contributed by atoms with Gasteiger partial charge in [-0.3, -0.25) is 9.20 Å². The van der Waals surface area contributed by atoms with Crippen LogP contribution in [-0.4, -0.2) is 38.5 Å². The van der Waals surface area contributed by atoms with E-state index in [9.17, 15) is 4.79 Å². The fraction of sp³-hybridized carbons (Fsp3) is 0.500. The molecule has 0 saturated heterocycles. The standard InChI is InChI=1S/C14H18N4O2S/c1-2-20-12(19)14(15,10-6-7-10)9-21-13-17-16-11-5-3-4-8-18(11)13/h3-5,8,10H,2,6-7,9,15H2,1H3. The third-order valence-electron chi connectivity index (χ3n) is 3.68. The van der Waals surface area contributed by atoms with E-state index in [2.05, 4.69) is 10.2 Å². The fourth-order valence-electron chi connectivity index (χ4n) is 2.31. The molecule has 0 bridgehead atoms. The summed E-state index contributed by atoms with van der Waals surface area (Å²) in [5.41, 5.74) is 6.19. The molecule has 1 atom stereocenters. The summed E-state index contributed by atoms with van der Waals surface area (Å²) < 4.78 is 7.04. The zero-order valence-electron chi connectivity index (χ0n) is 11.9. The van der Waals surface area contributed by atoms with Crippen LogP contribution in [0.1, 0.15) is 19.8 Å². The lowest BCUT2D eigenvalue weighted by atomic mass is 9.97. The highest BCUT2D eigenvalue weighted by Crippen LogP contribution is 2.41. The largest absolute Gasteiger partial charge is 0.465 e. The Morgan fingerprint density at radius 3 is 3.05 bits per heavy atom. The van der Waals surface area contributed by atoms with Gasteiger partial charge in [-0.15, -0.1) is 10.2 Å². The van der Waals surface area contributed by atoms with Crippen molar-refractivity contribution in [2.75, 3.05) is 12.4 Å². The first kappa shape index (κ1) is 14.3. The Morgan fingerprint density at radius 2 is 2.33 bits per heavy atom. The highest BCUT2D eigenvalue weighted by atomic mass is 32.2. The molecule has 6 nitrogen and oxygen atoms in total. The summed E-state index contributed by atoms with van der Waals surface area (Å²) in [6, 6.07) is 5.72. The maximum atomic E-state index is 12.2. The number of thioether (sulfide) groups is 1. The van der Waals surface area contributed by atoms with Crippen LogP contribution in [0.3, 0.4) is 0 Å². The number of hydrogen-bond acceptors (Lipinski definition) is 6. The third-order valence-corrected chi connectivity index (χ3v) is 4.84. The van der Waals surface area contributed by atoms with E-state index in [-0.39, 0.29) is 11.9 Å². The lowest BCUT2D eigenvalue weighted by molar-refractivity contribution is -0.149. The molecule has 1 fully saturated rings. The maximum absolute atomic E-state index is 12.2. The van der Waals surface area contributed by atoms with Gasteiger partial charge in [-0.25, -0.2) is 0 Å². The summed E-state index contributed by atoms with van der Waals surface area (Å²) in [5.74, 6) is 0.351. The Balaban J connectivity index is 1.76. The van der Waals surface area contributed by atoms with Crippen LogP contribution in [0.4, 0.5) is 0 Å². The molecule has 2 aromatic heterocycles. The van der Waals surface area contributed by atoms with Crippen LogP contribution in [0.2, 0.25) is 0 Å².